The largest absolute Gasteiger partial charge is 0.493 e. The normalized spacial score (nSPS) is 10.9. The molecule has 0 unspecified atom stereocenters. The van der Waals surface area contributed by atoms with E-state index in [9.17, 15) is 14.9 Å². The first-order valence-electron chi connectivity index (χ1n) is 10.3. The number of nitrogens with zero attached hydrogens (tertiary/aromatic N) is 1. The van der Waals surface area contributed by atoms with Crippen molar-refractivity contribution in [1.82, 2.24) is 0 Å². The van der Waals surface area contributed by atoms with Crippen LogP contribution in [0.5, 0.6) is 11.5 Å². The number of carbonyl (C=O) groups excluding carboxylic acids is 2. The Bertz CT molecular complexity index is 1260. The molecule has 0 radical (unpaired) electrons. The molecule has 1 aromatic heterocycles. The van der Waals surface area contributed by atoms with Crippen molar-refractivity contribution < 1.29 is 28.2 Å². The van der Waals surface area contributed by atoms with Crippen molar-refractivity contribution in [3.63, 3.8) is 0 Å². The summed E-state index contributed by atoms with van der Waals surface area (Å²) in [4.78, 5) is 24.2. The fourth-order valence-corrected chi connectivity index (χ4v) is 3.22. The molecule has 0 aliphatic heterocycles. The van der Waals surface area contributed by atoms with Crippen molar-refractivity contribution >= 4 is 23.6 Å². The highest BCUT2D eigenvalue weighted by molar-refractivity contribution is 6.10. The maximum absolute atomic E-state index is 12.7. The molecule has 1 N–H and O–H groups in total. The Morgan fingerprint density at radius 1 is 1.06 bits per heavy atom. The van der Waals surface area contributed by atoms with Crippen LogP contribution in [0, 0.1) is 25.2 Å². The van der Waals surface area contributed by atoms with E-state index in [1.807, 2.05) is 38.1 Å². The minimum absolute atomic E-state index is 0.0516. The summed E-state index contributed by atoms with van der Waals surface area (Å²) in [6.07, 6.45) is 1.48. The van der Waals surface area contributed by atoms with E-state index in [-0.39, 0.29) is 17.9 Å². The molecule has 1 amide bonds. The fraction of sp³-hybridized carbons (Fsp3) is 0.192. The van der Waals surface area contributed by atoms with Gasteiger partial charge in [0.2, 0.25) is 5.76 Å². The molecule has 3 rings (SSSR count). The summed E-state index contributed by atoms with van der Waals surface area (Å²) in [6, 6.07) is 15.8. The van der Waals surface area contributed by atoms with Crippen molar-refractivity contribution in [2.45, 2.75) is 20.5 Å². The lowest BCUT2D eigenvalue weighted by Gasteiger charge is -2.12. The van der Waals surface area contributed by atoms with Gasteiger partial charge in [0.25, 0.3) is 5.91 Å². The Hall–Kier alpha value is -4.51. The first-order valence-corrected chi connectivity index (χ1v) is 10.3. The quantitative estimate of drug-likeness (QED) is 0.292. The number of ether oxygens (including phenoxy) is 3. The number of carbonyl (C=O) groups is 2. The molecule has 0 fully saturated rings. The summed E-state index contributed by atoms with van der Waals surface area (Å²) in [5, 5.41) is 12.4. The van der Waals surface area contributed by atoms with Crippen LogP contribution in [-0.2, 0) is 16.1 Å². The van der Waals surface area contributed by atoms with E-state index < -0.39 is 11.9 Å². The van der Waals surface area contributed by atoms with Crippen LogP contribution in [0.4, 0.5) is 5.69 Å². The average molecular weight is 460 g/mol. The van der Waals surface area contributed by atoms with Crippen LogP contribution in [0.1, 0.15) is 33.0 Å². The molecule has 0 saturated carbocycles. The highest BCUT2D eigenvalue weighted by Gasteiger charge is 2.15. The fourth-order valence-electron chi connectivity index (χ4n) is 3.22. The molecule has 34 heavy (non-hydrogen) atoms. The molecular weight excluding hydrogens is 436 g/mol. The lowest BCUT2D eigenvalue weighted by molar-refractivity contribution is -0.112. The topological polar surface area (TPSA) is 111 Å². The van der Waals surface area contributed by atoms with Crippen LogP contribution in [0.2, 0.25) is 0 Å². The number of nitriles is 1. The van der Waals surface area contributed by atoms with Gasteiger partial charge in [-0.05, 0) is 60.9 Å². The molecule has 2 aromatic carbocycles. The predicted molar refractivity (Wildman–Crippen MR) is 126 cm³/mol. The highest BCUT2D eigenvalue weighted by Crippen LogP contribution is 2.30. The van der Waals surface area contributed by atoms with E-state index in [2.05, 4.69) is 10.1 Å². The van der Waals surface area contributed by atoms with Gasteiger partial charge in [-0.15, -0.1) is 0 Å². The van der Waals surface area contributed by atoms with Crippen LogP contribution < -0.4 is 14.8 Å². The molecule has 8 heteroatoms. The number of esters is 1. The van der Waals surface area contributed by atoms with Gasteiger partial charge in [-0.3, -0.25) is 4.79 Å². The van der Waals surface area contributed by atoms with Crippen molar-refractivity contribution in [1.29, 1.82) is 5.26 Å². The van der Waals surface area contributed by atoms with Gasteiger partial charge in [-0.1, -0.05) is 24.3 Å². The lowest BCUT2D eigenvalue weighted by atomic mass is 10.1. The molecule has 8 nitrogen and oxygen atoms in total. The number of aryl methyl sites for hydroxylation is 2. The number of hydrogen-bond donors (Lipinski definition) is 1. The van der Waals surface area contributed by atoms with Gasteiger partial charge in [-0.2, -0.15) is 5.26 Å². The van der Waals surface area contributed by atoms with Gasteiger partial charge in [0.05, 0.1) is 14.2 Å². The summed E-state index contributed by atoms with van der Waals surface area (Å²) in [7, 11) is 2.75. The number of furan rings is 1. The zero-order chi connectivity index (χ0) is 24.7. The molecule has 0 aliphatic rings. The highest BCUT2D eigenvalue weighted by atomic mass is 16.5. The van der Waals surface area contributed by atoms with Crippen molar-refractivity contribution in [2.75, 3.05) is 19.5 Å². The average Bonchev–Trinajstić information content (AvgIpc) is 3.32. The predicted octanol–water partition coefficient (Wildman–Crippen LogP) is 4.82. The van der Waals surface area contributed by atoms with E-state index in [0.29, 0.717) is 28.5 Å². The molecule has 0 aliphatic carbocycles. The smallest absolute Gasteiger partial charge is 0.373 e. The van der Waals surface area contributed by atoms with Gasteiger partial charge in [0.15, 0.2) is 11.5 Å². The van der Waals surface area contributed by atoms with Gasteiger partial charge in [0.1, 0.15) is 24.0 Å². The van der Waals surface area contributed by atoms with Crippen LogP contribution in [0.15, 0.2) is 58.5 Å². The second-order valence-corrected chi connectivity index (χ2v) is 7.35. The summed E-state index contributed by atoms with van der Waals surface area (Å²) in [5.74, 6) is 0.265. The van der Waals surface area contributed by atoms with E-state index in [1.165, 1.54) is 26.4 Å². The Labute approximate surface area is 197 Å². The molecule has 174 valence electrons. The third-order valence-electron chi connectivity index (χ3n) is 5.00. The number of anilines is 1. The molecule has 0 spiro atoms. The van der Waals surface area contributed by atoms with E-state index in [1.54, 1.807) is 24.3 Å². The zero-order valence-corrected chi connectivity index (χ0v) is 19.3. The number of benzene rings is 2. The number of nitrogens with one attached hydrogen (secondary N) is 1. The minimum atomic E-state index is -0.574. The van der Waals surface area contributed by atoms with Crippen LogP contribution in [0.25, 0.3) is 6.08 Å². The standard InChI is InChI=1S/C26H24N2O6/c1-16-6-5-7-17(2)24(16)28-25(29)19(14-27)12-18-8-10-21(23(13-18)31-3)33-15-20-9-11-22(34-20)26(30)32-4/h5-13H,15H2,1-4H3,(H,28,29)/b19-12+. The number of amides is 1. The zero-order valence-electron chi connectivity index (χ0n) is 19.3. The minimum Gasteiger partial charge on any atom is -0.493 e. The van der Waals surface area contributed by atoms with Gasteiger partial charge in [-0.25, -0.2) is 4.79 Å². The summed E-state index contributed by atoms with van der Waals surface area (Å²) in [5.41, 5.74) is 3.03. The van der Waals surface area contributed by atoms with Gasteiger partial charge < -0.3 is 23.9 Å². The Kier molecular flexibility index (Phi) is 7.72. The van der Waals surface area contributed by atoms with E-state index in [0.717, 1.165) is 11.1 Å². The first-order chi connectivity index (χ1) is 16.4. The van der Waals surface area contributed by atoms with Crippen molar-refractivity contribution in [3.05, 3.63) is 82.3 Å². The second-order valence-electron chi connectivity index (χ2n) is 7.35. The first kappa shape index (κ1) is 24.1. The second kappa shape index (κ2) is 10.9. The maximum Gasteiger partial charge on any atom is 0.373 e. The third kappa shape index (κ3) is 5.64. The molecule has 0 bridgehead atoms. The summed E-state index contributed by atoms with van der Waals surface area (Å²) >= 11 is 0. The molecule has 1 heterocycles. The molecular formula is C26H24N2O6. The molecule has 0 saturated heterocycles. The van der Waals surface area contributed by atoms with Crippen LogP contribution in [0.3, 0.4) is 0 Å². The summed E-state index contributed by atoms with van der Waals surface area (Å²) < 4.78 is 21.1. The van der Waals surface area contributed by atoms with Crippen molar-refractivity contribution in [2.24, 2.45) is 0 Å². The number of hydrogen-bond acceptors (Lipinski definition) is 7. The summed E-state index contributed by atoms with van der Waals surface area (Å²) in [6.45, 7) is 3.84. The Morgan fingerprint density at radius 3 is 2.44 bits per heavy atom. The SMILES string of the molecule is COC(=O)c1ccc(COc2ccc(/C=C(\C#N)C(=O)Nc3c(C)cccc3C)cc2OC)o1. The molecule has 3 aromatic rings. The monoisotopic (exact) mass is 460 g/mol. The Morgan fingerprint density at radius 2 is 1.79 bits per heavy atom. The van der Waals surface area contributed by atoms with Gasteiger partial charge >= 0.3 is 5.97 Å². The number of methoxy groups -OCH3 is 2. The van der Waals surface area contributed by atoms with E-state index in [4.69, 9.17) is 13.9 Å². The third-order valence-corrected chi connectivity index (χ3v) is 5.00. The van der Waals surface area contributed by atoms with Gasteiger partial charge in [0, 0.05) is 5.69 Å². The maximum atomic E-state index is 12.7. The van der Waals surface area contributed by atoms with Crippen LogP contribution >= 0.6 is 0 Å². The number of rotatable bonds is 8. The molecule has 0 atom stereocenters. The lowest BCUT2D eigenvalue weighted by Crippen LogP contribution is -2.15. The Balaban J connectivity index is 1.75. The van der Waals surface area contributed by atoms with Crippen LogP contribution in [-0.4, -0.2) is 26.1 Å². The van der Waals surface area contributed by atoms with E-state index >= 15 is 0 Å². The van der Waals surface area contributed by atoms with Crippen molar-refractivity contribution in [3.8, 4) is 17.6 Å². The number of para-hydroxylation sites is 1.